The second kappa shape index (κ2) is 10.9. The summed E-state index contributed by atoms with van der Waals surface area (Å²) >= 11 is 0. The van der Waals surface area contributed by atoms with Gasteiger partial charge in [-0.25, -0.2) is 22.5 Å². The number of halogens is 1. The molecule has 0 aliphatic heterocycles. The summed E-state index contributed by atoms with van der Waals surface area (Å²) in [4.78, 5) is 4.38. The topological polar surface area (TPSA) is 89.0 Å². The van der Waals surface area contributed by atoms with Crippen LogP contribution >= 0.6 is 0 Å². The van der Waals surface area contributed by atoms with Gasteiger partial charge in [-0.15, -0.1) is 0 Å². The van der Waals surface area contributed by atoms with E-state index in [1.54, 1.807) is 12.1 Å². The van der Waals surface area contributed by atoms with E-state index in [2.05, 4.69) is 15.0 Å². The Morgan fingerprint density at radius 1 is 1.03 bits per heavy atom. The quantitative estimate of drug-likeness (QED) is 0.367. The molecule has 0 fully saturated rings. The molecule has 0 unspecified atom stereocenters. The van der Waals surface area contributed by atoms with Crippen molar-refractivity contribution in [2.24, 2.45) is 4.99 Å². The highest BCUT2D eigenvalue weighted by Gasteiger charge is 2.17. The molecule has 0 aromatic heterocycles. The number of nitrogens with zero attached hydrogens (tertiary/aromatic N) is 1. The maximum absolute atomic E-state index is 13.2. The average Bonchev–Trinajstić information content (AvgIpc) is 2.68. The Kier molecular flexibility index (Phi) is 8.56. The van der Waals surface area contributed by atoms with E-state index in [4.69, 9.17) is 9.47 Å². The number of sulfonamides is 1. The van der Waals surface area contributed by atoms with E-state index in [-0.39, 0.29) is 17.4 Å². The molecule has 9 heteroatoms. The number of guanidine groups is 1. The predicted octanol–water partition coefficient (Wildman–Crippen LogP) is 3.28. The van der Waals surface area contributed by atoms with Crippen molar-refractivity contribution in [3.8, 4) is 0 Å². The summed E-state index contributed by atoms with van der Waals surface area (Å²) in [5.41, 5.74) is 1.42. The summed E-state index contributed by atoms with van der Waals surface area (Å²) in [6.07, 6.45) is -0.612. The molecule has 2 aromatic rings. The van der Waals surface area contributed by atoms with Gasteiger partial charge >= 0.3 is 0 Å². The Labute approximate surface area is 171 Å². The highest BCUT2D eigenvalue weighted by Crippen LogP contribution is 2.12. The number of hydrogen-bond donors (Lipinski definition) is 2. The minimum atomic E-state index is -3.88. The highest BCUT2D eigenvalue weighted by atomic mass is 32.2. The smallest absolute Gasteiger partial charge is 0.264 e. The minimum Gasteiger partial charge on any atom is -0.351 e. The van der Waals surface area contributed by atoms with E-state index < -0.39 is 22.1 Å². The molecule has 0 aliphatic carbocycles. The van der Waals surface area contributed by atoms with Crippen molar-refractivity contribution in [1.82, 2.24) is 4.72 Å². The van der Waals surface area contributed by atoms with Crippen LogP contribution in [0.5, 0.6) is 0 Å². The molecule has 2 rings (SSSR count). The SMILES string of the molecule is CCOC(CN=C(Nc1ccc(F)cc1)NS(=O)(=O)c1ccc(C)cc1)OCC. The van der Waals surface area contributed by atoms with Crippen LogP contribution in [0.25, 0.3) is 0 Å². The molecule has 0 atom stereocenters. The zero-order chi connectivity index (χ0) is 21.3. The van der Waals surface area contributed by atoms with Gasteiger partial charge in [-0.2, -0.15) is 0 Å². The molecule has 7 nitrogen and oxygen atoms in total. The molecule has 0 saturated carbocycles. The monoisotopic (exact) mass is 423 g/mol. The summed E-state index contributed by atoms with van der Waals surface area (Å²) in [6, 6.07) is 11.9. The van der Waals surface area contributed by atoms with Crippen LogP contribution in [0.3, 0.4) is 0 Å². The lowest BCUT2D eigenvalue weighted by molar-refractivity contribution is -0.128. The third kappa shape index (κ3) is 7.45. The fraction of sp³-hybridized carbons (Fsp3) is 0.350. The maximum Gasteiger partial charge on any atom is 0.264 e. The van der Waals surface area contributed by atoms with Crippen LogP contribution in [-0.4, -0.2) is 40.4 Å². The van der Waals surface area contributed by atoms with E-state index in [0.29, 0.717) is 18.9 Å². The zero-order valence-corrected chi connectivity index (χ0v) is 17.5. The largest absolute Gasteiger partial charge is 0.351 e. The molecule has 2 aromatic carbocycles. The van der Waals surface area contributed by atoms with E-state index in [0.717, 1.165) is 5.56 Å². The first-order chi connectivity index (χ1) is 13.8. The van der Waals surface area contributed by atoms with Crippen LogP contribution in [0.15, 0.2) is 58.4 Å². The molecule has 29 heavy (non-hydrogen) atoms. The second-order valence-corrected chi connectivity index (χ2v) is 7.76. The molecule has 0 amide bonds. The first kappa shape index (κ1) is 22.8. The van der Waals surface area contributed by atoms with E-state index >= 15 is 0 Å². The molecular formula is C20H26FN3O4S. The lowest BCUT2D eigenvalue weighted by atomic mass is 10.2. The molecule has 0 saturated heterocycles. The predicted molar refractivity (Wildman–Crippen MR) is 111 cm³/mol. The Bertz CT molecular complexity index is 894. The Balaban J connectivity index is 2.25. The van der Waals surface area contributed by atoms with Gasteiger partial charge in [0.1, 0.15) is 5.82 Å². The Morgan fingerprint density at radius 3 is 2.17 bits per heavy atom. The lowest BCUT2D eigenvalue weighted by Gasteiger charge is -2.17. The van der Waals surface area contributed by atoms with E-state index in [1.807, 2.05) is 20.8 Å². The van der Waals surface area contributed by atoms with Crippen LogP contribution < -0.4 is 10.0 Å². The second-order valence-electron chi connectivity index (χ2n) is 6.08. The average molecular weight is 424 g/mol. The van der Waals surface area contributed by atoms with Gasteiger partial charge in [0.15, 0.2) is 6.29 Å². The molecule has 0 bridgehead atoms. The zero-order valence-electron chi connectivity index (χ0n) is 16.7. The van der Waals surface area contributed by atoms with Gasteiger partial charge < -0.3 is 14.8 Å². The molecular weight excluding hydrogens is 397 g/mol. The summed E-state index contributed by atoms with van der Waals surface area (Å²) in [6.45, 7) is 6.45. The lowest BCUT2D eigenvalue weighted by Crippen LogP contribution is -2.37. The van der Waals surface area contributed by atoms with Crippen LogP contribution in [0, 0.1) is 12.7 Å². The number of anilines is 1. The summed E-state index contributed by atoms with van der Waals surface area (Å²) in [5, 5.41) is 2.87. The molecule has 2 N–H and O–H groups in total. The Hall–Kier alpha value is -2.49. The summed E-state index contributed by atoms with van der Waals surface area (Å²) in [5.74, 6) is -0.427. The number of aryl methyl sites for hydroxylation is 1. The van der Waals surface area contributed by atoms with Gasteiger partial charge in [-0.1, -0.05) is 17.7 Å². The third-order valence-electron chi connectivity index (χ3n) is 3.77. The summed E-state index contributed by atoms with van der Waals surface area (Å²) in [7, 11) is -3.88. The van der Waals surface area contributed by atoms with E-state index in [9.17, 15) is 12.8 Å². The van der Waals surface area contributed by atoms with Crippen LogP contribution in [0.4, 0.5) is 10.1 Å². The van der Waals surface area contributed by atoms with Crippen LogP contribution in [0.2, 0.25) is 0 Å². The standard InChI is InChI=1S/C20H26FN3O4S/c1-4-27-19(28-5-2)14-22-20(23-17-10-8-16(21)9-11-17)24-29(25,26)18-12-6-15(3)7-13-18/h6-13,19H,4-5,14H2,1-3H3,(H2,22,23,24). The van der Waals surface area contributed by atoms with Gasteiger partial charge in [0.2, 0.25) is 5.96 Å². The number of benzene rings is 2. The van der Waals surface area contributed by atoms with Crippen molar-refractivity contribution < 1.29 is 22.3 Å². The highest BCUT2D eigenvalue weighted by molar-refractivity contribution is 7.90. The van der Waals surface area contributed by atoms with Crippen molar-refractivity contribution in [1.29, 1.82) is 0 Å². The van der Waals surface area contributed by atoms with Crippen molar-refractivity contribution in [2.45, 2.75) is 32.0 Å². The third-order valence-corrected chi connectivity index (χ3v) is 5.13. The fourth-order valence-electron chi connectivity index (χ4n) is 2.36. The molecule has 0 spiro atoms. The molecule has 0 heterocycles. The molecule has 158 valence electrons. The number of aliphatic imine (C=N–C) groups is 1. The van der Waals surface area contributed by atoms with Gasteiger partial charge in [0, 0.05) is 18.9 Å². The summed E-state index contributed by atoms with van der Waals surface area (Å²) < 4.78 is 52.0. The van der Waals surface area contributed by atoms with Crippen molar-refractivity contribution in [3.63, 3.8) is 0 Å². The van der Waals surface area contributed by atoms with Crippen LogP contribution in [0.1, 0.15) is 19.4 Å². The van der Waals surface area contributed by atoms with Crippen LogP contribution in [-0.2, 0) is 19.5 Å². The number of ether oxygens (including phenoxy) is 2. The maximum atomic E-state index is 13.2. The van der Waals surface area contributed by atoms with Crippen molar-refractivity contribution >= 4 is 21.7 Å². The van der Waals surface area contributed by atoms with Gasteiger partial charge in [0.25, 0.3) is 10.0 Å². The fourth-order valence-corrected chi connectivity index (χ4v) is 3.34. The van der Waals surface area contributed by atoms with Gasteiger partial charge in [-0.3, -0.25) is 0 Å². The molecule has 0 aliphatic rings. The first-order valence-electron chi connectivity index (χ1n) is 9.23. The van der Waals surface area contributed by atoms with Crippen molar-refractivity contribution in [2.75, 3.05) is 25.1 Å². The number of nitrogens with one attached hydrogen (secondary N) is 2. The van der Waals surface area contributed by atoms with Gasteiger partial charge in [0.05, 0.1) is 11.4 Å². The number of hydrogen-bond acceptors (Lipinski definition) is 5. The van der Waals surface area contributed by atoms with E-state index in [1.165, 1.54) is 36.4 Å². The Morgan fingerprint density at radius 2 is 1.62 bits per heavy atom. The minimum absolute atomic E-state index is 0.0263. The number of rotatable bonds is 9. The molecule has 0 radical (unpaired) electrons. The van der Waals surface area contributed by atoms with Gasteiger partial charge in [-0.05, 0) is 57.2 Å². The van der Waals surface area contributed by atoms with Crippen molar-refractivity contribution in [3.05, 3.63) is 59.9 Å². The first-order valence-corrected chi connectivity index (χ1v) is 10.7. The normalized spacial score (nSPS) is 12.2.